The van der Waals surface area contributed by atoms with Gasteiger partial charge in [0.1, 0.15) is 5.75 Å². The Morgan fingerprint density at radius 2 is 1.69 bits per heavy atom. The number of nitrogens with one attached hydrogen (secondary N) is 1. The monoisotopic (exact) mass is 513 g/mol. The van der Waals surface area contributed by atoms with E-state index >= 15 is 0 Å². The van der Waals surface area contributed by atoms with Crippen LogP contribution < -0.4 is 14.4 Å². The van der Waals surface area contributed by atoms with Gasteiger partial charge in [0.2, 0.25) is 0 Å². The molecule has 35 heavy (non-hydrogen) atoms. The maximum Gasteiger partial charge on any atom is 0.261 e. The third-order valence-corrected chi connectivity index (χ3v) is 7.81. The molecular formula is C26H28ClN3O4S. The van der Waals surface area contributed by atoms with Gasteiger partial charge in [0.25, 0.3) is 15.9 Å². The fraction of sp³-hybridized carbons (Fsp3) is 0.269. The molecule has 4 rings (SSSR count). The number of amides is 1. The molecule has 3 aromatic rings. The minimum atomic E-state index is -3.80. The highest BCUT2D eigenvalue weighted by molar-refractivity contribution is 7.92. The largest absolute Gasteiger partial charge is 0.482 e. The quantitative estimate of drug-likeness (QED) is 0.503. The number of para-hydroxylation sites is 1. The van der Waals surface area contributed by atoms with E-state index in [4.69, 9.17) is 16.3 Å². The molecule has 1 fully saturated rings. The van der Waals surface area contributed by atoms with Crippen LogP contribution in [-0.2, 0) is 14.8 Å². The molecule has 0 aromatic heterocycles. The summed E-state index contributed by atoms with van der Waals surface area (Å²) >= 11 is 6.27. The zero-order chi connectivity index (χ0) is 25.0. The second-order valence-corrected chi connectivity index (χ2v) is 10.5. The van der Waals surface area contributed by atoms with Gasteiger partial charge in [-0.05, 0) is 61.4 Å². The number of ether oxygens (including phenoxy) is 1. The molecule has 3 aromatic carbocycles. The first-order valence-corrected chi connectivity index (χ1v) is 13.2. The minimum Gasteiger partial charge on any atom is -0.482 e. The molecule has 1 aliphatic rings. The molecule has 1 saturated heterocycles. The van der Waals surface area contributed by atoms with Crippen molar-refractivity contribution in [2.24, 2.45) is 0 Å². The number of hydrogen-bond donors (Lipinski definition) is 1. The summed E-state index contributed by atoms with van der Waals surface area (Å²) in [4.78, 5) is 16.8. The SMILES string of the molecule is Cc1cccc(N2CCN(C(=O)COc3ccc(S(=O)(=O)Nc4ccccc4)cc3Cl)CC2)c1C. The van der Waals surface area contributed by atoms with Crippen LogP contribution in [0.25, 0.3) is 0 Å². The molecule has 1 heterocycles. The second kappa shape index (κ2) is 10.6. The van der Waals surface area contributed by atoms with Crippen molar-refractivity contribution in [3.8, 4) is 5.75 Å². The van der Waals surface area contributed by atoms with Crippen LogP contribution in [0.4, 0.5) is 11.4 Å². The highest BCUT2D eigenvalue weighted by Gasteiger charge is 2.23. The standard InChI is InChI=1S/C26H28ClN3O4S/c1-19-7-6-10-24(20(19)2)29-13-15-30(16-14-29)26(31)18-34-25-12-11-22(17-23(25)27)35(32,33)28-21-8-4-3-5-9-21/h3-12,17,28H,13-16,18H2,1-2H3. The van der Waals surface area contributed by atoms with Gasteiger partial charge in [0.05, 0.1) is 9.92 Å². The van der Waals surface area contributed by atoms with E-state index in [0.29, 0.717) is 18.8 Å². The van der Waals surface area contributed by atoms with E-state index < -0.39 is 10.0 Å². The van der Waals surface area contributed by atoms with E-state index in [1.165, 1.54) is 35.0 Å². The molecule has 0 aliphatic carbocycles. The first kappa shape index (κ1) is 24.9. The number of halogens is 1. The molecule has 1 N–H and O–H groups in total. The van der Waals surface area contributed by atoms with E-state index in [2.05, 4.69) is 41.7 Å². The lowest BCUT2D eigenvalue weighted by Gasteiger charge is -2.37. The van der Waals surface area contributed by atoms with Gasteiger partial charge >= 0.3 is 0 Å². The number of carbonyl (C=O) groups is 1. The molecule has 9 heteroatoms. The van der Waals surface area contributed by atoms with Crippen LogP contribution in [0.15, 0.2) is 71.6 Å². The van der Waals surface area contributed by atoms with Crippen LogP contribution >= 0.6 is 11.6 Å². The lowest BCUT2D eigenvalue weighted by Crippen LogP contribution is -2.50. The fourth-order valence-corrected chi connectivity index (χ4v) is 5.38. The zero-order valence-corrected chi connectivity index (χ0v) is 21.3. The van der Waals surface area contributed by atoms with Crippen molar-refractivity contribution in [1.29, 1.82) is 0 Å². The Morgan fingerprint density at radius 1 is 0.971 bits per heavy atom. The van der Waals surface area contributed by atoms with Gasteiger partial charge in [-0.25, -0.2) is 8.42 Å². The lowest BCUT2D eigenvalue weighted by molar-refractivity contribution is -0.133. The molecular weight excluding hydrogens is 486 g/mol. The minimum absolute atomic E-state index is 0.00703. The van der Waals surface area contributed by atoms with Gasteiger partial charge in [-0.2, -0.15) is 0 Å². The van der Waals surface area contributed by atoms with Crippen molar-refractivity contribution in [2.75, 3.05) is 42.4 Å². The molecule has 184 valence electrons. The van der Waals surface area contributed by atoms with Crippen molar-refractivity contribution in [1.82, 2.24) is 4.90 Å². The summed E-state index contributed by atoms with van der Waals surface area (Å²) in [6, 6.07) is 19.0. The van der Waals surface area contributed by atoms with E-state index in [0.717, 1.165) is 13.1 Å². The first-order chi connectivity index (χ1) is 16.7. The zero-order valence-electron chi connectivity index (χ0n) is 19.7. The number of sulfonamides is 1. The van der Waals surface area contributed by atoms with Crippen LogP contribution in [0.1, 0.15) is 11.1 Å². The maximum absolute atomic E-state index is 12.7. The van der Waals surface area contributed by atoms with Gasteiger partial charge in [-0.15, -0.1) is 0 Å². The summed E-state index contributed by atoms with van der Waals surface area (Å²) in [7, 11) is -3.80. The number of aryl methyl sites for hydroxylation is 1. The van der Waals surface area contributed by atoms with Crippen molar-refractivity contribution >= 4 is 38.9 Å². The van der Waals surface area contributed by atoms with E-state index in [-0.39, 0.29) is 28.2 Å². The molecule has 1 aliphatic heterocycles. The Balaban J connectivity index is 1.32. The Labute approximate surface area is 211 Å². The smallest absolute Gasteiger partial charge is 0.261 e. The number of anilines is 2. The predicted molar refractivity (Wildman–Crippen MR) is 139 cm³/mol. The average Bonchev–Trinajstić information content (AvgIpc) is 2.85. The maximum atomic E-state index is 12.7. The van der Waals surface area contributed by atoms with Crippen LogP contribution in [-0.4, -0.2) is 52.0 Å². The summed E-state index contributed by atoms with van der Waals surface area (Å²) in [5.74, 6) is 0.122. The summed E-state index contributed by atoms with van der Waals surface area (Å²) in [6.07, 6.45) is 0. The molecule has 0 spiro atoms. The number of benzene rings is 3. The highest BCUT2D eigenvalue weighted by Crippen LogP contribution is 2.29. The summed E-state index contributed by atoms with van der Waals surface area (Å²) in [6.45, 7) is 6.75. The van der Waals surface area contributed by atoms with E-state index in [9.17, 15) is 13.2 Å². The Kier molecular flexibility index (Phi) is 7.52. The van der Waals surface area contributed by atoms with Crippen molar-refractivity contribution in [2.45, 2.75) is 18.7 Å². The molecule has 1 amide bonds. The van der Waals surface area contributed by atoms with Crippen molar-refractivity contribution < 1.29 is 17.9 Å². The predicted octanol–water partition coefficient (Wildman–Crippen LogP) is 4.49. The third-order valence-electron chi connectivity index (χ3n) is 6.14. The van der Waals surface area contributed by atoms with Gasteiger partial charge in [0, 0.05) is 37.6 Å². The summed E-state index contributed by atoms with van der Waals surface area (Å²) in [5, 5.41) is 0.119. The fourth-order valence-electron chi connectivity index (χ4n) is 3.99. The van der Waals surface area contributed by atoms with Crippen LogP contribution in [0.5, 0.6) is 5.75 Å². The second-order valence-electron chi connectivity index (χ2n) is 8.44. The third kappa shape index (κ3) is 5.89. The van der Waals surface area contributed by atoms with E-state index in [1.807, 2.05) is 0 Å². The molecule has 0 bridgehead atoms. The average molecular weight is 514 g/mol. The Hall–Kier alpha value is -3.23. The highest BCUT2D eigenvalue weighted by atomic mass is 35.5. The Morgan fingerprint density at radius 3 is 2.37 bits per heavy atom. The summed E-state index contributed by atoms with van der Waals surface area (Å²) in [5.41, 5.74) is 4.17. The van der Waals surface area contributed by atoms with Gasteiger partial charge in [-0.1, -0.05) is 41.9 Å². The van der Waals surface area contributed by atoms with Crippen LogP contribution in [0.2, 0.25) is 5.02 Å². The van der Waals surface area contributed by atoms with Gasteiger partial charge in [-0.3, -0.25) is 9.52 Å². The van der Waals surface area contributed by atoms with Gasteiger partial charge in [0.15, 0.2) is 6.61 Å². The van der Waals surface area contributed by atoms with Gasteiger partial charge < -0.3 is 14.5 Å². The first-order valence-electron chi connectivity index (χ1n) is 11.3. The van der Waals surface area contributed by atoms with Crippen molar-refractivity contribution in [3.63, 3.8) is 0 Å². The summed E-state index contributed by atoms with van der Waals surface area (Å²) < 4.78 is 33.4. The lowest BCUT2D eigenvalue weighted by atomic mass is 10.1. The van der Waals surface area contributed by atoms with Crippen molar-refractivity contribution in [3.05, 3.63) is 82.9 Å². The number of piperazine rings is 1. The Bertz CT molecular complexity index is 1310. The molecule has 0 radical (unpaired) electrons. The molecule has 7 nitrogen and oxygen atoms in total. The van der Waals surface area contributed by atoms with E-state index in [1.54, 1.807) is 35.2 Å². The van der Waals surface area contributed by atoms with Crippen LogP contribution in [0, 0.1) is 13.8 Å². The number of rotatable bonds is 7. The number of hydrogen-bond acceptors (Lipinski definition) is 5. The molecule has 0 saturated carbocycles. The molecule has 0 unspecified atom stereocenters. The normalized spacial score (nSPS) is 14.0. The van der Waals surface area contributed by atoms with Crippen LogP contribution in [0.3, 0.4) is 0 Å². The molecule has 0 atom stereocenters. The number of nitrogens with zero attached hydrogens (tertiary/aromatic N) is 2. The number of carbonyl (C=O) groups excluding carboxylic acids is 1. The topological polar surface area (TPSA) is 79.0 Å².